The molecule has 128 valence electrons. The van der Waals surface area contributed by atoms with Crippen LogP contribution in [-0.2, 0) is 13.1 Å². The fraction of sp³-hybridized carbons (Fsp3) is 0.250. The molecule has 0 amide bonds. The number of benzene rings is 1. The lowest BCUT2D eigenvalue weighted by Crippen LogP contribution is -2.36. The maximum atomic E-state index is 5.77. The third-order valence-electron chi connectivity index (χ3n) is 3.37. The number of hydrogen-bond acceptors (Lipinski definition) is 4. The number of pyridine rings is 1. The molecule has 0 radical (unpaired) electrons. The summed E-state index contributed by atoms with van der Waals surface area (Å²) in [6.07, 6.45) is 1.74. The molecule has 0 saturated heterocycles. The Hall–Kier alpha value is -1.74. The van der Waals surface area contributed by atoms with Gasteiger partial charge in [0.05, 0.1) is 0 Å². The van der Waals surface area contributed by atoms with Gasteiger partial charge in [-0.2, -0.15) is 0 Å². The molecule has 6 nitrogen and oxygen atoms in total. The molecule has 1 aliphatic rings. The molecule has 0 unspecified atom stereocenters. The number of halogens is 2. The van der Waals surface area contributed by atoms with Crippen LogP contribution in [0.4, 0.5) is 0 Å². The van der Waals surface area contributed by atoms with E-state index < -0.39 is 0 Å². The molecule has 0 atom stereocenters. The Morgan fingerprint density at radius 2 is 1.83 bits per heavy atom. The molecule has 2 aromatic rings. The van der Waals surface area contributed by atoms with Gasteiger partial charge in [-0.15, -0.1) is 24.0 Å². The highest BCUT2D eigenvalue weighted by atomic mass is 127. The standard InChI is InChI=1S/C16H17ClN4O2.HI/c1-18-16(21-9-12-3-5-15(17)19-8-12)20-7-11-2-4-13-14(6-11)23-10-22-13;/h2-6,8H,7,9-10H2,1H3,(H2,18,20,21);1H. The zero-order valence-corrected chi connectivity index (χ0v) is 16.2. The summed E-state index contributed by atoms with van der Waals surface area (Å²) < 4.78 is 10.7. The molecule has 1 aromatic carbocycles. The molecule has 1 aromatic heterocycles. The van der Waals surface area contributed by atoms with Gasteiger partial charge in [0.2, 0.25) is 6.79 Å². The summed E-state index contributed by atoms with van der Waals surface area (Å²) in [7, 11) is 1.73. The number of aliphatic imine (C=N–C) groups is 1. The van der Waals surface area contributed by atoms with Gasteiger partial charge in [0.15, 0.2) is 17.5 Å². The highest BCUT2D eigenvalue weighted by Crippen LogP contribution is 2.32. The smallest absolute Gasteiger partial charge is 0.231 e. The quantitative estimate of drug-likeness (QED) is 0.318. The van der Waals surface area contributed by atoms with Crippen LogP contribution in [0.2, 0.25) is 5.15 Å². The summed E-state index contributed by atoms with van der Waals surface area (Å²) in [4.78, 5) is 8.25. The number of ether oxygens (including phenoxy) is 2. The van der Waals surface area contributed by atoms with E-state index >= 15 is 0 Å². The second kappa shape index (κ2) is 8.93. The minimum Gasteiger partial charge on any atom is -0.454 e. The summed E-state index contributed by atoms with van der Waals surface area (Å²) in [5.74, 6) is 2.27. The number of nitrogens with one attached hydrogen (secondary N) is 2. The lowest BCUT2D eigenvalue weighted by Gasteiger charge is -2.12. The van der Waals surface area contributed by atoms with Crippen molar-refractivity contribution < 1.29 is 9.47 Å². The first-order valence-electron chi connectivity index (χ1n) is 7.18. The molecule has 0 fully saturated rings. The van der Waals surface area contributed by atoms with Crippen LogP contribution in [0, 0.1) is 0 Å². The molecule has 2 heterocycles. The SMILES string of the molecule is CN=C(NCc1ccc(Cl)nc1)NCc1ccc2c(c1)OCO2.I. The van der Waals surface area contributed by atoms with Crippen LogP contribution in [-0.4, -0.2) is 24.8 Å². The maximum absolute atomic E-state index is 5.77. The van der Waals surface area contributed by atoms with Crippen molar-refractivity contribution in [2.45, 2.75) is 13.1 Å². The fourth-order valence-electron chi connectivity index (χ4n) is 2.15. The van der Waals surface area contributed by atoms with Crippen LogP contribution in [0.25, 0.3) is 0 Å². The Morgan fingerprint density at radius 3 is 2.54 bits per heavy atom. The number of rotatable bonds is 4. The minimum absolute atomic E-state index is 0. The van der Waals surface area contributed by atoms with Crippen molar-refractivity contribution in [1.82, 2.24) is 15.6 Å². The lowest BCUT2D eigenvalue weighted by atomic mass is 10.2. The van der Waals surface area contributed by atoms with Crippen molar-refractivity contribution in [3.63, 3.8) is 0 Å². The molecule has 24 heavy (non-hydrogen) atoms. The number of hydrogen-bond donors (Lipinski definition) is 2. The highest BCUT2D eigenvalue weighted by Gasteiger charge is 2.13. The minimum atomic E-state index is 0. The highest BCUT2D eigenvalue weighted by molar-refractivity contribution is 14.0. The number of guanidine groups is 1. The molecule has 0 spiro atoms. The number of aromatic nitrogens is 1. The molecule has 1 aliphatic heterocycles. The van der Waals surface area contributed by atoms with E-state index in [9.17, 15) is 0 Å². The Kier molecular flexibility index (Phi) is 6.92. The van der Waals surface area contributed by atoms with Crippen molar-refractivity contribution >= 4 is 41.5 Å². The predicted molar refractivity (Wildman–Crippen MR) is 104 cm³/mol. The Morgan fingerprint density at radius 1 is 1.12 bits per heavy atom. The summed E-state index contributed by atoms with van der Waals surface area (Å²) in [6.45, 7) is 1.53. The van der Waals surface area contributed by atoms with E-state index in [0.717, 1.165) is 22.6 Å². The molecular formula is C16H18ClIN4O2. The van der Waals surface area contributed by atoms with Gasteiger partial charge in [0, 0.05) is 26.3 Å². The van der Waals surface area contributed by atoms with Crippen molar-refractivity contribution in [2.24, 2.45) is 4.99 Å². The second-order valence-corrected chi connectivity index (χ2v) is 5.34. The largest absolute Gasteiger partial charge is 0.454 e. The molecule has 0 bridgehead atoms. The van der Waals surface area contributed by atoms with Crippen molar-refractivity contribution in [2.75, 3.05) is 13.8 Å². The van der Waals surface area contributed by atoms with Gasteiger partial charge >= 0.3 is 0 Å². The average molecular weight is 461 g/mol. The van der Waals surface area contributed by atoms with Gasteiger partial charge in [-0.1, -0.05) is 23.7 Å². The Bertz CT molecular complexity index is 710. The third kappa shape index (κ3) is 4.88. The average Bonchev–Trinajstić information content (AvgIpc) is 3.04. The van der Waals surface area contributed by atoms with Crippen LogP contribution in [0.3, 0.4) is 0 Å². The van der Waals surface area contributed by atoms with E-state index in [1.165, 1.54) is 0 Å². The lowest BCUT2D eigenvalue weighted by molar-refractivity contribution is 0.174. The summed E-state index contributed by atoms with van der Waals surface area (Å²) in [5, 5.41) is 6.97. The van der Waals surface area contributed by atoms with E-state index in [2.05, 4.69) is 20.6 Å². The van der Waals surface area contributed by atoms with Crippen molar-refractivity contribution in [3.05, 3.63) is 52.8 Å². The molecule has 0 saturated carbocycles. The van der Waals surface area contributed by atoms with Gasteiger partial charge in [-0.25, -0.2) is 4.98 Å². The first-order chi connectivity index (χ1) is 11.2. The second-order valence-electron chi connectivity index (χ2n) is 4.96. The summed E-state index contributed by atoms with van der Waals surface area (Å²) in [5.41, 5.74) is 2.12. The molecule has 3 rings (SSSR count). The van der Waals surface area contributed by atoms with Gasteiger partial charge in [-0.3, -0.25) is 4.99 Å². The Labute approximate surface area is 162 Å². The van der Waals surface area contributed by atoms with E-state index in [1.807, 2.05) is 24.3 Å². The number of fused-ring (bicyclic) bond motifs is 1. The van der Waals surface area contributed by atoms with E-state index in [-0.39, 0.29) is 30.8 Å². The van der Waals surface area contributed by atoms with E-state index in [1.54, 1.807) is 19.3 Å². The van der Waals surface area contributed by atoms with E-state index in [0.29, 0.717) is 24.2 Å². The van der Waals surface area contributed by atoms with Crippen molar-refractivity contribution in [3.8, 4) is 11.5 Å². The predicted octanol–water partition coefficient (Wildman–Crippen LogP) is 2.95. The molecule has 8 heteroatoms. The van der Waals surface area contributed by atoms with Crippen LogP contribution in [0.15, 0.2) is 41.5 Å². The van der Waals surface area contributed by atoms with Crippen LogP contribution in [0.1, 0.15) is 11.1 Å². The van der Waals surface area contributed by atoms with Crippen LogP contribution >= 0.6 is 35.6 Å². The normalized spacial score (nSPS) is 12.5. The third-order valence-corrected chi connectivity index (χ3v) is 3.59. The van der Waals surface area contributed by atoms with Gasteiger partial charge in [0.25, 0.3) is 0 Å². The summed E-state index contributed by atoms with van der Waals surface area (Å²) in [6, 6.07) is 9.56. The zero-order valence-electron chi connectivity index (χ0n) is 13.1. The molecule has 2 N–H and O–H groups in total. The fourth-order valence-corrected chi connectivity index (χ4v) is 2.27. The first-order valence-corrected chi connectivity index (χ1v) is 7.56. The van der Waals surface area contributed by atoms with E-state index in [4.69, 9.17) is 21.1 Å². The maximum Gasteiger partial charge on any atom is 0.231 e. The van der Waals surface area contributed by atoms with Crippen LogP contribution in [0.5, 0.6) is 11.5 Å². The molecular weight excluding hydrogens is 443 g/mol. The van der Waals surface area contributed by atoms with Gasteiger partial charge < -0.3 is 20.1 Å². The summed E-state index contributed by atoms with van der Waals surface area (Å²) >= 11 is 5.77. The monoisotopic (exact) mass is 460 g/mol. The van der Waals surface area contributed by atoms with Gasteiger partial charge in [0.1, 0.15) is 5.15 Å². The van der Waals surface area contributed by atoms with Gasteiger partial charge in [-0.05, 0) is 29.3 Å². The Balaban J connectivity index is 0.00000208. The molecule has 0 aliphatic carbocycles. The number of nitrogens with zero attached hydrogens (tertiary/aromatic N) is 2. The van der Waals surface area contributed by atoms with Crippen molar-refractivity contribution in [1.29, 1.82) is 0 Å². The zero-order chi connectivity index (χ0) is 16.1. The van der Waals surface area contributed by atoms with Crippen LogP contribution < -0.4 is 20.1 Å². The first kappa shape index (κ1) is 18.6. The topological polar surface area (TPSA) is 67.8 Å².